The van der Waals surface area contributed by atoms with Gasteiger partial charge in [0, 0.05) is 15.4 Å². The van der Waals surface area contributed by atoms with Gasteiger partial charge >= 0.3 is 5.97 Å². The molecule has 3 aromatic carbocycles. The molecule has 8 nitrogen and oxygen atoms in total. The minimum absolute atomic E-state index is 0.235. The lowest BCUT2D eigenvalue weighted by Crippen LogP contribution is -2.61. The molecule has 0 spiro atoms. The van der Waals surface area contributed by atoms with Gasteiger partial charge in [0.15, 0.2) is 6.29 Å². The minimum atomic E-state index is -0.881. The van der Waals surface area contributed by atoms with E-state index < -0.39 is 42.0 Å². The Hall–Kier alpha value is -3.33. The molecule has 2 fully saturated rings. The summed E-state index contributed by atoms with van der Waals surface area (Å²) in [5.74, 6) is -0.524. The van der Waals surface area contributed by atoms with Crippen LogP contribution in [0.25, 0.3) is 10.4 Å². The van der Waals surface area contributed by atoms with Crippen LogP contribution in [0.3, 0.4) is 0 Å². The van der Waals surface area contributed by atoms with Crippen molar-refractivity contribution in [3.05, 3.63) is 113 Å². The first-order valence-corrected chi connectivity index (χ1v) is 12.1. The van der Waals surface area contributed by atoms with E-state index >= 15 is 0 Å². The average molecular weight is 490 g/mol. The molecule has 0 N–H and O–H groups in total. The van der Waals surface area contributed by atoms with Gasteiger partial charge in [-0.2, -0.15) is 0 Å². The molecule has 0 bridgehead atoms. The third-order valence-corrected chi connectivity index (χ3v) is 6.98. The number of benzene rings is 3. The van der Waals surface area contributed by atoms with Crippen molar-refractivity contribution < 1.29 is 23.7 Å². The van der Waals surface area contributed by atoms with Crippen LogP contribution in [0.15, 0.2) is 101 Å². The summed E-state index contributed by atoms with van der Waals surface area (Å²) in [4.78, 5) is 17.0. The predicted molar refractivity (Wildman–Crippen MR) is 130 cm³/mol. The summed E-state index contributed by atoms with van der Waals surface area (Å²) in [5, 5.41) is 4.01. The third kappa shape index (κ3) is 5.35. The van der Waals surface area contributed by atoms with Crippen molar-refractivity contribution in [3.8, 4) is 0 Å². The smallest absolute Gasteiger partial charge is 0.338 e. The van der Waals surface area contributed by atoms with E-state index in [2.05, 4.69) is 10.0 Å². The van der Waals surface area contributed by atoms with Crippen LogP contribution in [0.4, 0.5) is 0 Å². The minimum Gasteiger partial charge on any atom is -0.455 e. The maximum Gasteiger partial charge on any atom is 0.338 e. The first-order chi connectivity index (χ1) is 17.2. The van der Waals surface area contributed by atoms with Crippen molar-refractivity contribution in [2.24, 2.45) is 5.11 Å². The normalized spacial score (nSPS) is 27.8. The zero-order valence-electron chi connectivity index (χ0n) is 18.6. The zero-order chi connectivity index (χ0) is 24.0. The lowest BCUT2D eigenvalue weighted by molar-refractivity contribution is -0.304. The summed E-state index contributed by atoms with van der Waals surface area (Å²) in [6.45, 7) is 0.235. The van der Waals surface area contributed by atoms with E-state index in [1.165, 1.54) is 11.8 Å². The topological polar surface area (TPSA) is 103 Å². The van der Waals surface area contributed by atoms with E-state index in [1.54, 1.807) is 24.3 Å². The van der Waals surface area contributed by atoms with Crippen LogP contribution in [0.1, 0.15) is 22.2 Å². The van der Waals surface area contributed by atoms with Gasteiger partial charge in [-0.25, -0.2) is 4.79 Å². The Morgan fingerprint density at radius 2 is 1.60 bits per heavy atom. The van der Waals surface area contributed by atoms with Crippen molar-refractivity contribution in [2.45, 2.75) is 41.0 Å². The maximum atomic E-state index is 13.1. The van der Waals surface area contributed by atoms with E-state index in [4.69, 9.17) is 18.9 Å². The second-order valence-corrected chi connectivity index (χ2v) is 9.25. The van der Waals surface area contributed by atoms with Crippen LogP contribution >= 0.6 is 11.8 Å². The number of nitrogens with zero attached hydrogens (tertiary/aromatic N) is 3. The molecule has 0 radical (unpaired) electrons. The quantitative estimate of drug-likeness (QED) is 0.195. The highest BCUT2D eigenvalue weighted by atomic mass is 32.2. The Morgan fingerprint density at radius 1 is 0.943 bits per heavy atom. The van der Waals surface area contributed by atoms with Crippen LogP contribution in [0, 0.1) is 0 Å². The molecule has 0 aliphatic carbocycles. The summed E-state index contributed by atoms with van der Waals surface area (Å²) in [6, 6.07) is 27.0. The molecule has 35 heavy (non-hydrogen) atoms. The maximum absolute atomic E-state index is 13.1. The van der Waals surface area contributed by atoms with Crippen molar-refractivity contribution in [2.75, 3.05) is 6.61 Å². The van der Waals surface area contributed by atoms with E-state index in [0.29, 0.717) is 5.56 Å². The number of thioether (sulfide) groups is 1. The molecule has 2 saturated heterocycles. The SMILES string of the molecule is [N-]=[N+]=NC1C(OC(=O)c2ccccc2)[C@H]2OC(c3ccccc3)OCC2O[C@@H]1Sc1ccccc1. The molecule has 0 amide bonds. The van der Waals surface area contributed by atoms with Crippen LogP contribution < -0.4 is 0 Å². The van der Waals surface area contributed by atoms with Gasteiger partial charge in [-0.15, -0.1) is 0 Å². The number of fused-ring (bicyclic) bond motifs is 1. The summed E-state index contributed by atoms with van der Waals surface area (Å²) in [7, 11) is 0. The summed E-state index contributed by atoms with van der Waals surface area (Å²) < 4.78 is 24.6. The van der Waals surface area contributed by atoms with E-state index in [1.807, 2.05) is 66.7 Å². The van der Waals surface area contributed by atoms with Crippen LogP contribution in [-0.2, 0) is 18.9 Å². The van der Waals surface area contributed by atoms with Gasteiger partial charge < -0.3 is 18.9 Å². The Kier molecular flexibility index (Phi) is 7.32. The third-order valence-electron chi connectivity index (χ3n) is 5.81. The van der Waals surface area contributed by atoms with Crippen LogP contribution in [0.2, 0.25) is 0 Å². The van der Waals surface area contributed by atoms with Gasteiger partial charge in [-0.05, 0) is 29.8 Å². The van der Waals surface area contributed by atoms with Gasteiger partial charge in [0.1, 0.15) is 29.8 Å². The number of ether oxygens (including phenoxy) is 4. The van der Waals surface area contributed by atoms with Crippen LogP contribution in [0.5, 0.6) is 0 Å². The van der Waals surface area contributed by atoms with E-state index in [9.17, 15) is 10.3 Å². The number of carbonyl (C=O) groups is 1. The first kappa shape index (κ1) is 23.4. The molecule has 6 atom stereocenters. The fraction of sp³-hybridized carbons (Fsp3) is 0.269. The predicted octanol–water partition coefficient (Wildman–Crippen LogP) is 5.52. The van der Waals surface area contributed by atoms with E-state index in [0.717, 1.165) is 10.5 Å². The second kappa shape index (κ2) is 10.9. The Labute approximate surface area is 206 Å². The van der Waals surface area contributed by atoms with Gasteiger partial charge in [0.05, 0.1) is 12.2 Å². The average Bonchev–Trinajstić information content (AvgIpc) is 2.92. The van der Waals surface area contributed by atoms with Gasteiger partial charge in [-0.3, -0.25) is 0 Å². The largest absolute Gasteiger partial charge is 0.455 e. The van der Waals surface area contributed by atoms with E-state index in [-0.39, 0.29) is 6.61 Å². The molecule has 2 aliphatic heterocycles. The number of rotatable bonds is 6. The number of esters is 1. The molecule has 9 heteroatoms. The molecule has 5 rings (SSSR count). The zero-order valence-corrected chi connectivity index (χ0v) is 19.4. The molecule has 2 aliphatic rings. The number of hydrogen-bond acceptors (Lipinski definition) is 7. The summed E-state index contributed by atoms with van der Waals surface area (Å²) in [6.07, 6.45) is -2.75. The highest BCUT2D eigenvalue weighted by Crippen LogP contribution is 2.41. The van der Waals surface area contributed by atoms with Crippen molar-refractivity contribution in [3.63, 3.8) is 0 Å². The van der Waals surface area contributed by atoms with Gasteiger partial charge in [-0.1, -0.05) is 83.6 Å². The van der Waals surface area contributed by atoms with Gasteiger partial charge in [0.2, 0.25) is 0 Å². The first-order valence-electron chi connectivity index (χ1n) is 11.2. The molecule has 4 unspecified atom stereocenters. The number of carbonyl (C=O) groups excluding carboxylic acids is 1. The summed E-state index contributed by atoms with van der Waals surface area (Å²) in [5.41, 5.74) is 10.0. The molecule has 2 heterocycles. The lowest BCUT2D eigenvalue weighted by Gasteiger charge is -2.47. The lowest BCUT2D eigenvalue weighted by atomic mass is 9.97. The van der Waals surface area contributed by atoms with Crippen molar-refractivity contribution in [1.29, 1.82) is 0 Å². The Balaban J connectivity index is 1.46. The molecule has 178 valence electrons. The fourth-order valence-corrected chi connectivity index (χ4v) is 5.28. The molecular weight excluding hydrogens is 466 g/mol. The number of azide groups is 1. The van der Waals surface area contributed by atoms with Crippen molar-refractivity contribution in [1.82, 2.24) is 0 Å². The molecule has 0 aromatic heterocycles. The fourth-order valence-electron chi connectivity index (χ4n) is 4.15. The molecular formula is C26H23N3O5S. The van der Waals surface area contributed by atoms with Gasteiger partial charge in [0.25, 0.3) is 0 Å². The second-order valence-electron chi connectivity index (χ2n) is 8.08. The Bertz CT molecular complexity index is 1180. The summed E-state index contributed by atoms with van der Waals surface area (Å²) >= 11 is 1.40. The highest BCUT2D eigenvalue weighted by molar-refractivity contribution is 7.99. The Morgan fingerprint density at radius 3 is 2.29 bits per heavy atom. The monoisotopic (exact) mass is 489 g/mol. The standard InChI is InChI=1S/C26H23N3O5S/c27-29-28-21-23(33-24(30)17-10-4-1-5-11-17)22-20(32-26(21)35-19-14-8-3-9-15-19)16-31-25(34-22)18-12-6-2-7-13-18/h1-15,20-23,25-26H,16H2/t20?,21?,22-,23?,25?,26+/m0/s1. The van der Waals surface area contributed by atoms with Crippen molar-refractivity contribution >= 4 is 17.7 Å². The molecule has 3 aromatic rings. The molecule has 0 saturated carbocycles. The number of hydrogen-bond donors (Lipinski definition) is 0. The highest BCUT2D eigenvalue weighted by Gasteiger charge is 2.52. The van der Waals surface area contributed by atoms with Crippen LogP contribution in [-0.4, -0.2) is 42.4 Å².